The number of unbranched alkanes of at least 4 members (excludes halogenated alkanes) is 1. The van der Waals surface area contributed by atoms with E-state index in [2.05, 4.69) is 15.6 Å². The van der Waals surface area contributed by atoms with Crippen molar-refractivity contribution in [1.29, 1.82) is 0 Å². The van der Waals surface area contributed by atoms with Crippen LogP contribution in [-0.2, 0) is 4.74 Å². The van der Waals surface area contributed by atoms with Gasteiger partial charge in [-0.05, 0) is 62.3 Å². The van der Waals surface area contributed by atoms with Crippen molar-refractivity contribution in [2.24, 2.45) is 10.9 Å². The van der Waals surface area contributed by atoms with E-state index in [-0.39, 0.29) is 5.82 Å². The summed E-state index contributed by atoms with van der Waals surface area (Å²) in [5, 5.41) is 6.57. The van der Waals surface area contributed by atoms with Gasteiger partial charge >= 0.3 is 0 Å². The standard InChI is InChI=1S/C19H30FN3O2/c1-21-19(23-12-4-13-24-15-16-5-6-16)22-11-2-3-14-25-18-9-7-17(20)8-10-18/h7-10,16H,2-6,11-15H2,1H3,(H2,21,22,23). The first kappa shape index (κ1) is 19.5. The second-order valence-corrected chi connectivity index (χ2v) is 6.31. The zero-order valence-corrected chi connectivity index (χ0v) is 15.1. The number of halogens is 1. The van der Waals surface area contributed by atoms with E-state index in [0.717, 1.165) is 57.4 Å². The van der Waals surface area contributed by atoms with Crippen molar-refractivity contribution in [1.82, 2.24) is 10.6 Å². The lowest BCUT2D eigenvalue weighted by Gasteiger charge is -2.12. The molecule has 0 heterocycles. The van der Waals surface area contributed by atoms with E-state index < -0.39 is 0 Å². The Morgan fingerprint density at radius 1 is 1.08 bits per heavy atom. The van der Waals surface area contributed by atoms with Crippen molar-refractivity contribution in [2.75, 3.05) is 40.0 Å². The van der Waals surface area contributed by atoms with Crippen LogP contribution in [0.1, 0.15) is 32.1 Å². The minimum atomic E-state index is -0.245. The SMILES string of the molecule is CN=C(NCCCCOc1ccc(F)cc1)NCCCOCC1CC1. The van der Waals surface area contributed by atoms with Crippen LogP contribution in [0.5, 0.6) is 5.75 Å². The summed E-state index contributed by atoms with van der Waals surface area (Å²) < 4.78 is 24.0. The van der Waals surface area contributed by atoms with E-state index in [9.17, 15) is 4.39 Å². The Hall–Kier alpha value is -1.82. The van der Waals surface area contributed by atoms with Crippen molar-refractivity contribution >= 4 is 5.96 Å². The molecule has 0 aromatic heterocycles. The monoisotopic (exact) mass is 351 g/mol. The van der Waals surface area contributed by atoms with E-state index >= 15 is 0 Å². The Bertz CT molecular complexity index is 504. The number of ether oxygens (including phenoxy) is 2. The van der Waals surface area contributed by atoms with E-state index in [0.29, 0.717) is 12.4 Å². The van der Waals surface area contributed by atoms with Crippen LogP contribution in [0.25, 0.3) is 0 Å². The first-order valence-corrected chi connectivity index (χ1v) is 9.18. The number of rotatable bonds is 12. The maximum atomic E-state index is 12.8. The van der Waals surface area contributed by atoms with Crippen LogP contribution in [0.3, 0.4) is 0 Å². The number of aliphatic imine (C=N–C) groups is 1. The summed E-state index contributed by atoms with van der Waals surface area (Å²) in [7, 11) is 1.77. The van der Waals surface area contributed by atoms with E-state index in [1.165, 1.54) is 25.0 Å². The maximum Gasteiger partial charge on any atom is 0.190 e. The topological polar surface area (TPSA) is 54.9 Å². The van der Waals surface area contributed by atoms with E-state index in [1.807, 2.05) is 0 Å². The number of nitrogens with zero attached hydrogens (tertiary/aromatic N) is 1. The highest BCUT2D eigenvalue weighted by Crippen LogP contribution is 2.28. The highest BCUT2D eigenvalue weighted by molar-refractivity contribution is 5.79. The molecule has 6 heteroatoms. The molecule has 1 aromatic rings. The van der Waals surface area contributed by atoms with Crippen LogP contribution in [-0.4, -0.2) is 45.9 Å². The zero-order chi connectivity index (χ0) is 17.7. The van der Waals surface area contributed by atoms with Crippen LogP contribution in [0.2, 0.25) is 0 Å². The minimum Gasteiger partial charge on any atom is -0.494 e. The molecule has 0 spiro atoms. The van der Waals surface area contributed by atoms with Crippen molar-refractivity contribution in [3.63, 3.8) is 0 Å². The Kier molecular flexibility index (Phi) is 9.12. The molecule has 5 nitrogen and oxygen atoms in total. The molecule has 140 valence electrons. The number of guanidine groups is 1. The van der Waals surface area contributed by atoms with Gasteiger partial charge in [-0.1, -0.05) is 0 Å². The summed E-state index contributed by atoms with van der Waals surface area (Å²) in [4.78, 5) is 4.20. The van der Waals surface area contributed by atoms with Crippen LogP contribution in [0.4, 0.5) is 4.39 Å². The molecule has 0 saturated heterocycles. The molecular formula is C19H30FN3O2. The molecule has 0 radical (unpaired) electrons. The van der Waals surface area contributed by atoms with Gasteiger partial charge in [-0.15, -0.1) is 0 Å². The van der Waals surface area contributed by atoms with Gasteiger partial charge in [0.15, 0.2) is 5.96 Å². The lowest BCUT2D eigenvalue weighted by Crippen LogP contribution is -2.38. The van der Waals surface area contributed by atoms with Crippen LogP contribution < -0.4 is 15.4 Å². The molecule has 1 saturated carbocycles. The van der Waals surface area contributed by atoms with Gasteiger partial charge in [0, 0.05) is 33.4 Å². The average molecular weight is 351 g/mol. The van der Waals surface area contributed by atoms with Crippen LogP contribution >= 0.6 is 0 Å². The molecule has 1 fully saturated rings. The van der Waals surface area contributed by atoms with Gasteiger partial charge in [0.2, 0.25) is 0 Å². The molecule has 0 amide bonds. The Labute approximate surface area is 150 Å². The lowest BCUT2D eigenvalue weighted by atomic mass is 10.3. The van der Waals surface area contributed by atoms with Gasteiger partial charge in [-0.2, -0.15) is 0 Å². The molecule has 1 aliphatic rings. The highest BCUT2D eigenvalue weighted by Gasteiger charge is 2.20. The molecule has 25 heavy (non-hydrogen) atoms. The van der Waals surface area contributed by atoms with Gasteiger partial charge < -0.3 is 20.1 Å². The smallest absolute Gasteiger partial charge is 0.190 e. The Morgan fingerprint density at radius 2 is 1.80 bits per heavy atom. The summed E-state index contributed by atoms with van der Waals surface area (Å²) in [5.74, 6) is 2.11. The predicted octanol–water partition coefficient (Wildman–Crippen LogP) is 2.97. The van der Waals surface area contributed by atoms with Crippen molar-refractivity contribution in [3.8, 4) is 5.75 Å². The fourth-order valence-electron chi connectivity index (χ4n) is 2.29. The Morgan fingerprint density at radius 3 is 2.48 bits per heavy atom. The molecule has 0 atom stereocenters. The molecule has 1 aromatic carbocycles. The van der Waals surface area contributed by atoms with Gasteiger partial charge in [0.05, 0.1) is 6.61 Å². The van der Waals surface area contributed by atoms with Gasteiger partial charge in [-0.3, -0.25) is 4.99 Å². The summed E-state index contributed by atoms with van der Waals surface area (Å²) in [6.07, 6.45) is 5.56. The zero-order valence-electron chi connectivity index (χ0n) is 15.1. The number of hydrogen-bond donors (Lipinski definition) is 2. The van der Waals surface area contributed by atoms with Crippen molar-refractivity contribution < 1.29 is 13.9 Å². The van der Waals surface area contributed by atoms with Gasteiger partial charge in [0.25, 0.3) is 0 Å². The van der Waals surface area contributed by atoms with E-state index in [4.69, 9.17) is 9.47 Å². The maximum absolute atomic E-state index is 12.8. The summed E-state index contributed by atoms with van der Waals surface area (Å²) in [6.45, 7) is 4.05. The first-order valence-electron chi connectivity index (χ1n) is 9.18. The number of nitrogens with one attached hydrogen (secondary N) is 2. The third kappa shape index (κ3) is 9.29. The molecule has 2 N–H and O–H groups in total. The minimum absolute atomic E-state index is 0.245. The lowest BCUT2D eigenvalue weighted by molar-refractivity contribution is 0.123. The number of benzene rings is 1. The van der Waals surface area contributed by atoms with Gasteiger partial charge in [0.1, 0.15) is 11.6 Å². The third-order valence-corrected chi connectivity index (χ3v) is 3.98. The average Bonchev–Trinajstić information content (AvgIpc) is 3.45. The quantitative estimate of drug-likeness (QED) is 0.345. The molecule has 2 rings (SSSR count). The fraction of sp³-hybridized carbons (Fsp3) is 0.632. The Balaban J connectivity index is 1.41. The largest absolute Gasteiger partial charge is 0.494 e. The van der Waals surface area contributed by atoms with Crippen molar-refractivity contribution in [2.45, 2.75) is 32.1 Å². The molecule has 0 unspecified atom stereocenters. The van der Waals surface area contributed by atoms with Crippen LogP contribution in [0.15, 0.2) is 29.3 Å². The fourth-order valence-corrected chi connectivity index (χ4v) is 2.29. The predicted molar refractivity (Wildman–Crippen MR) is 98.7 cm³/mol. The normalized spacial score (nSPS) is 14.4. The summed E-state index contributed by atoms with van der Waals surface area (Å²) in [5.41, 5.74) is 0. The summed E-state index contributed by atoms with van der Waals surface area (Å²) in [6, 6.07) is 6.11. The molecule has 0 aliphatic heterocycles. The third-order valence-electron chi connectivity index (χ3n) is 3.98. The van der Waals surface area contributed by atoms with E-state index in [1.54, 1.807) is 19.2 Å². The van der Waals surface area contributed by atoms with Crippen molar-refractivity contribution in [3.05, 3.63) is 30.1 Å². The number of hydrogen-bond acceptors (Lipinski definition) is 3. The van der Waals surface area contributed by atoms with Gasteiger partial charge in [-0.25, -0.2) is 4.39 Å². The van der Waals surface area contributed by atoms with Crippen LogP contribution in [0, 0.1) is 11.7 Å². The molecular weight excluding hydrogens is 321 g/mol. The second kappa shape index (κ2) is 11.7. The molecule has 0 bridgehead atoms. The molecule has 1 aliphatic carbocycles. The summed E-state index contributed by atoms with van der Waals surface area (Å²) >= 11 is 0. The highest BCUT2D eigenvalue weighted by atomic mass is 19.1. The second-order valence-electron chi connectivity index (χ2n) is 6.31. The first-order chi connectivity index (χ1) is 12.3.